The number of aromatic nitrogens is 1. The molecule has 3 aromatic carbocycles. The van der Waals surface area contributed by atoms with Crippen LogP contribution in [0.25, 0.3) is 0 Å². The molecule has 0 saturated carbocycles. The van der Waals surface area contributed by atoms with E-state index < -0.39 is 0 Å². The quantitative estimate of drug-likeness (QED) is 0.344. The topological polar surface area (TPSA) is 51.5 Å². The van der Waals surface area contributed by atoms with Gasteiger partial charge in [0.25, 0.3) is 5.91 Å². The maximum atomic E-state index is 13.8. The molecular formula is C31H30N2O3. The van der Waals surface area contributed by atoms with E-state index >= 15 is 0 Å². The summed E-state index contributed by atoms with van der Waals surface area (Å²) in [5, 5.41) is 0. The molecule has 5 nitrogen and oxygen atoms in total. The van der Waals surface area contributed by atoms with Crippen LogP contribution in [-0.4, -0.2) is 28.0 Å². The van der Waals surface area contributed by atoms with Crippen molar-refractivity contribution in [3.8, 4) is 5.75 Å². The zero-order valence-corrected chi connectivity index (χ0v) is 20.6. The number of fused-ring (bicyclic) bond motifs is 1. The fourth-order valence-corrected chi connectivity index (χ4v) is 5.06. The van der Waals surface area contributed by atoms with E-state index in [2.05, 4.69) is 24.3 Å². The lowest BCUT2D eigenvalue weighted by molar-refractivity contribution is 0.0584. The number of benzene rings is 3. The number of amides is 1. The number of pyridine rings is 1. The van der Waals surface area contributed by atoms with Crippen molar-refractivity contribution in [2.45, 2.75) is 38.5 Å². The minimum atomic E-state index is -0.286. The second kappa shape index (κ2) is 10.2. The Balaban J connectivity index is 1.66. The minimum absolute atomic E-state index is 0.0232. The first-order valence-electron chi connectivity index (χ1n) is 12.4. The Morgan fingerprint density at radius 3 is 1.92 bits per heavy atom. The zero-order valence-electron chi connectivity index (χ0n) is 20.6. The van der Waals surface area contributed by atoms with E-state index in [-0.39, 0.29) is 41.7 Å². The standard InChI is InChI=1S/C31H30N2O3/c1-22(2)33-20-26(28(24-14-8-4-9-15-24)25-16-10-5-11-17-25)32-19-18-27(34)30(29(32)31(33)35)36-21-23-12-6-3-7-13-23/h3-19,22,26,28H,20-21H2,1-2H3. The van der Waals surface area contributed by atoms with Gasteiger partial charge in [-0.3, -0.25) is 9.59 Å². The van der Waals surface area contributed by atoms with E-state index in [0.717, 1.165) is 16.7 Å². The highest BCUT2D eigenvalue weighted by atomic mass is 16.5. The maximum absolute atomic E-state index is 13.8. The summed E-state index contributed by atoms with van der Waals surface area (Å²) in [5.41, 5.74) is 3.28. The Morgan fingerprint density at radius 1 is 0.806 bits per heavy atom. The van der Waals surface area contributed by atoms with Gasteiger partial charge in [-0.05, 0) is 30.5 Å². The molecule has 1 aliphatic rings. The average molecular weight is 479 g/mol. The van der Waals surface area contributed by atoms with Crippen LogP contribution in [0.1, 0.15) is 53.0 Å². The summed E-state index contributed by atoms with van der Waals surface area (Å²) in [6, 6.07) is 31.7. The normalized spacial score (nSPS) is 15.3. The van der Waals surface area contributed by atoms with Crippen LogP contribution in [0, 0.1) is 0 Å². The first-order valence-corrected chi connectivity index (χ1v) is 12.4. The van der Waals surface area contributed by atoms with Gasteiger partial charge in [-0.15, -0.1) is 0 Å². The van der Waals surface area contributed by atoms with Crippen molar-refractivity contribution in [3.05, 3.63) is 136 Å². The Labute approximate surface area is 211 Å². The lowest BCUT2D eigenvalue weighted by atomic mass is 9.83. The van der Waals surface area contributed by atoms with Gasteiger partial charge in [-0.25, -0.2) is 0 Å². The second-order valence-corrected chi connectivity index (χ2v) is 9.46. The number of nitrogens with zero attached hydrogens (tertiary/aromatic N) is 2. The summed E-state index contributed by atoms with van der Waals surface area (Å²) < 4.78 is 8.04. The molecule has 182 valence electrons. The summed E-state index contributed by atoms with van der Waals surface area (Å²) in [6.07, 6.45) is 1.76. The lowest BCUT2D eigenvalue weighted by Gasteiger charge is -2.42. The minimum Gasteiger partial charge on any atom is -0.483 e. The summed E-state index contributed by atoms with van der Waals surface area (Å²) >= 11 is 0. The van der Waals surface area contributed by atoms with Gasteiger partial charge in [0.1, 0.15) is 6.61 Å². The molecule has 1 amide bonds. The molecule has 0 spiro atoms. The first-order chi connectivity index (χ1) is 17.5. The van der Waals surface area contributed by atoms with Gasteiger partial charge in [-0.1, -0.05) is 91.0 Å². The predicted octanol–water partition coefficient (Wildman–Crippen LogP) is 5.66. The number of carbonyl (C=O) groups excluding carboxylic acids is 1. The SMILES string of the molecule is CC(C)N1CC(C(c2ccccc2)c2ccccc2)n2ccc(=O)c(OCc3ccccc3)c2C1=O. The Kier molecular flexibility index (Phi) is 6.72. The molecule has 1 unspecified atom stereocenters. The van der Waals surface area contributed by atoms with Crippen LogP contribution in [-0.2, 0) is 6.61 Å². The third-order valence-corrected chi connectivity index (χ3v) is 6.84. The van der Waals surface area contributed by atoms with Crippen molar-refractivity contribution in [2.75, 3.05) is 6.54 Å². The molecule has 1 aliphatic heterocycles. The molecule has 4 aromatic rings. The highest BCUT2D eigenvalue weighted by Crippen LogP contribution is 2.40. The highest BCUT2D eigenvalue weighted by molar-refractivity contribution is 5.96. The Bertz CT molecular complexity index is 1340. The highest BCUT2D eigenvalue weighted by Gasteiger charge is 2.39. The van der Waals surface area contributed by atoms with Crippen LogP contribution < -0.4 is 10.2 Å². The van der Waals surface area contributed by atoms with Gasteiger partial charge in [0.2, 0.25) is 5.43 Å². The van der Waals surface area contributed by atoms with Crippen molar-refractivity contribution >= 4 is 5.91 Å². The summed E-state index contributed by atoms with van der Waals surface area (Å²) in [4.78, 5) is 28.7. The molecule has 1 atom stereocenters. The molecule has 5 rings (SSSR count). The van der Waals surface area contributed by atoms with Gasteiger partial charge >= 0.3 is 0 Å². The molecule has 36 heavy (non-hydrogen) atoms. The van der Waals surface area contributed by atoms with Crippen molar-refractivity contribution in [1.29, 1.82) is 0 Å². The van der Waals surface area contributed by atoms with Crippen molar-refractivity contribution in [1.82, 2.24) is 9.47 Å². The molecule has 2 heterocycles. The van der Waals surface area contributed by atoms with Gasteiger partial charge in [0, 0.05) is 30.8 Å². The van der Waals surface area contributed by atoms with Crippen molar-refractivity contribution < 1.29 is 9.53 Å². The lowest BCUT2D eigenvalue weighted by Crippen LogP contribution is -2.49. The third kappa shape index (κ3) is 4.57. The van der Waals surface area contributed by atoms with E-state index in [1.807, 2.05) is 90.0 Å². The predicted molar refractivity (Wildman–Crippen MR) is 141 cm³/mol. The Hall–Kier alpha value is -4.12. The van der Waals surface area contributed by atoms with Gasteiger partial charge in [0.15, 0.2) is 11.4 Å². The largest absolute Gasteiger partial charge is 0.483 e. The molecule has 0 N–H and O–H groups in total. The third-order valence-electron chi connectivity index (χ3n) is 6.84. The van der Waals surface area contributed by atoms with Crippen molar-refractivity contribution in [3.63, 3.8) is 0 Å². The molecule has 0 bridgehead atoms. The molecule has 5 heteroatoms. The average Bonchev–Trinajstić information content (AvgIpc) is 2.91. The van der Waals surface area contributed by atoms with Gasteiger partial charge in [-0.2, -0.15) is 0 Å². The van der Waals surface area contributed by atoms with Crippen LogP contribution in [0.2, 0.25) is 0 Å². The molecule has 0 aliphatic carbocycles. The van der Waals surface area contributed by atoms with Gasteiger partial charge in [0.05, 0.1) is 6.04 Å². The molecule has 0 fully saturated rings. The maximum Gasteiger partial charge on any atom is 0.274 e. The zero-order chi connectivity index (χ0) is 25.1. The summed E-state index contributed by atoms with van der Waals surface area (Å²) in [7, 11) is 0. The van der Waals surface area contributed by atoms with E-state index in [0.29, 0.717) is 12.2 Å². The summed E-state index contributed by atoms with van der Waals surface area (Å²) in [5.74, 6) is -0.0894. The fraction of sp³-hybridized carbons (Fsp3) is 0.226. The van der Waals surface area contributed by atoms with Crippen LogP contribution in [0.4, 0.5) is 0 Å². The molecular weight excluding hydrogens is 448 g/mol. The van der Waals surface area contributed by atoms with Crippen LogP contribution in [0.15, 0.2) is 108 Å². The molecule has 1 aromatic heterocycles. The number of hydrogen-bond donors (Lipinski definition) is 0. The van der Waals surface area contributed by atoms with Crippen LogP contribution >= 0.6 is 0 Å². The van der Waals surface area contributed by atoms with E-state index in [9.17, 15) is 9.59 Å². The van der Waals surface area contributed by atoms with Crippen LogP contribution in [0.3, 0.4) is 0 Å². The number of ether oxygens (including phenoxy) is 1. The second-order valence-electron chi connectivity index (χ2n) is 9.46. The number of carbonyl (C=O) groups is 1. The van der Waals surface area contributed by atoms with Crippen molar-refractivity contribution in [2.24, 2.45) is 0 Å². The van der Waals surface area contributed by atoms with E-state index in [1.165, 1.54) is 6.07 Å². The fourth-order valence-electron chi connectivity index (χ4n) is 5.06. The summed E-state index contributed by atoms with van der Waals surface area (Å²) in [6.45, 7) is 4.76. The number of hydrogen-bond acceptors (Lipinski definition) is 3. The van der Waals surface area contributed by atoms with Gasteiger partial charge < -0.3 is 14.2 Å². The van der Waals surface area contributed by atoms with E-state index in [4.69, 9.17) is 4.74 Å². The number of rotatable bonds is 7. The van der Waals surface area contributed by atoms with Crippen LogP contribution in [0.5, 0.6) is 5.75 Å². The molecule has 0 saturated heterocycles. The Morgan fingerprint density at radius 2 is 1.36 bits per heavy atom. The monoisotopic (exact) mass is 478 g/mol. The first kappa shape index (κ1) is 23.6. The molecule has 0 radical (unpaired) electrons. The van der Waals surface area contributed by atoms with E-state index in [1.54, 1.807) is 6.20 Å². The smallest absolute Gasteiger partial charge is 0.274 e.